The van der Waals surface area contributed by atoms with Gasteiger partial charge in [-0.3, -0.25) is 4.79 Å². The van der Waals surface area contributed by atoms with Crippen LogP contribution in [0.2, 0.25) is 0 Å². The van der Waals surface area contributed by atoms with Crippen LogP contribution in [0.4, 0.5) is 6.01 Å². The summed E-state index contributed by atoms with van der Waals surface area (Å²) < 4.78 is 16.9. The minimum absolute atomic E-state index is 0.222. The molecular weight excluding hydrogens is 444 g/mol. The van der Waals surface area contributed by atoms with Gasteiger partial charge in [0.25, 0.3) is 0 Å². The lowest BCUT2D eigenvalue weighted by Crippen LogP contribution is -2.34. The van der Waals surface area contributed by atoms with Crippen molar-refractivity contribution in [2.45, 2.75) is 85.2 Å². The monoisotopic (exact) mass is 484 g/mol. The van der Waals surface area contributed by atoms with Crippen LogP contribution in [0.3, 0.4) is 0 Å². The maximum Gasteiger partial charge on any atom is 0.324 e. The molecule has 8 heteroatoms. The lowest BCUT2D eigenvalue weighted by Gasteiger charge is -2.30. The number of carbonyl (C=O) groups is 1. The van der Waals surface area contributed by atoms with E-state index < -0.39 is 5.60 Å². The zero-order valence-electron chi connectivity index (χ0n) is 22.0. The molecule has 2 aromatic heterocycles. The lowest BCUT2D eigenvalue weighted by molar-refractivity contribution is -0.153. The van der Waals surface area contributed by atoms with Gasteiger partial charge in [-0.1, -0.05) is 19.0 Å². The Labute approximate surface area is 208 Å². The average molecular weight is 485 g/mol. The first kappa shape index (κ1) is 25.5. The van der Waals surface area contributed by atoms with Crippen molar-refractivity contribution in [2.24, 2.45) is 17.8 Å². The molecule has 0 bridgehead atoms. The predicted molar refractivity (Wildman–Crippen MR) is 134 cm³/mol. The van der Waals surface area contributed by atoms with E-state index in [9.17, 15) is 4.79 Å². The Morgan fingerprint density at radius 1 is 1.26 bits per heavy atom. The molecule has 3 heterocycles. The van der Waals surface area contributed by atoms with Gasteiger partial charge >= 0.3 is 12.0 Å². The van der Waals surface area contributed by atoms with Crippen LogP contribution in [0.25, 0.3) is 0 Å². The van der Waals surface area contributed by atoms with E-state index in [0.29, 0.717) is 18.5 Å². The summed E-state index contributed by atoms with van der Waals surface area (Å²) in [6.07, 6.45) is 6.66. The Bertz CT molecular complexity index is 1000. The first-order chi connectivity index (χ1) is 16.6. The van der Waals surface area contributed by atoms with Crippen LogP contribution in [0.1, 0.15) is 83.2 Å². The summed E-state index contributed by atoms with van der Waals surface area (Å²) in [5.41, 5.74) is 1.32. The molecule has 2 fully saturated rings. The number of hydrogen-bond donors (Lipinski definition) is 0. The van der Waals surface area contributed by atoms with Crippen molar-refractivity contribution in [3.8, 4) is 5.88 Å². The second kappa shape index (κ2) is 10.5. The first-order valence-electron chi connectivity index (χ1n) is 13.0. The third kappa shape index (κ3) is 6.95. The van der Waals surface area contributed by atoms with Crippen LogP contribution in [-0.4, -0.2) is 46.4 Å². The zero-order chi connectivity index (χ0) is 25.2. The minimum atomic E-state index is -0.480. The number of aromatic nitrogens is 3. The Hall–Kier alpha value is -2.64. The fourth-order valence-corrected chi connectivity index (χ4v) is 5.01. The fourth-order valence-electron chi connectivity index (χ4n) is 5.01. The van der Waals surface area contributed by atoms with Crippen molar-refractivity contribution in [3.05, 3.63) is 29.2 Å². The Morgan fingerprint density at radius 2 is 2.00 bits per heavy atom. The van der Waals surface area contributed by atoms with Crippen LogP contribution in [0.15, 0.2) is 16.8 Å². The van der Waals surface area contributed by atoms with E-state index in [-0.39, 0.29) is 18.3 Å². The number of hydrogen-bond acceptors (Lipinski definition) is 8. The second-order valence-electron chi connectivity index (χ2n) is 11.4. The molecule has 2 aromatic rings. The van der Waals surface area contributed by atoms with Gasteiger partial charge in [0, 0.05) is 30.8 Å². The van der Waals surface area contributed by atoms with Crippen LogP contribution in [-0.2, 0) is 16.0 Å². The highest BCUT2D eigenvalue weighted by atomic mass is 16.6. The highest BCUT2D eigenvalue weighted by Gasteiger charge is 2.43. The number of rotatable bonds is 9. The molecule has 1 saturated heterocycles. The van der Waals surface area contributed by atoms with Crippen molar-refractivity contribution < 1.29 is 18.8 Å². The van der Waals surface area contributed by atoms with Crippen molar-refractivity contribution in [1.82, 2.24) is 15.1 Å². The van der Waals surface area contributed by atoms with E-state index >= 15 is 0 Å². The molecule has 0 N–H and O–H groups in total. The van der Waals surface area contributed by atoms with Gasteiger partial charge in [-0.05, 0) is 82.8 Å². The smallest absolute Gasteiger partial charge is 0.324 e. The molecule has 4 rings (SSSR count). The standard InChI is InChI=1S/C27H40N4O4/c1-17(2)24-29-26(35-30-24)31-10-7-20(8-11-31)22-15-21(22)9-12-33-25-18(3)13-19(16-28-25)14-23(32)34-27(4,5)6/h13,16-17,20-22H,7-12,14-15H2,1-6H3/t21-,22-/m1/s1. The van der Waals surface area contributed by atoms with Crippen LogP contribution in [0.5, 0.6) is 5.88 Å². The van der Waals surface area contributed by atoms with Gasteiger partial charge in [-0.15, -0.1) is 0 Å². The van der Waals surface area contributed by atoms with Gasteiger partial charge in [-0.25, -0.2) is 4.98 Å². The summed E-state index contributed by atoms with van der Waals surface area (Å²) in [5, 5.41) is 4.10. The molecule has 0 amide bonds. The molecule has 0 spiro atoms. The van der Waals surface area contributed by atoms with Crippen LogP contribution in [0, 0.1) is 24.7 Å². The number of ether oxygens (including phenoxy) is 2. The molecule has 1 aliphatic carbocycles. The zero-order valence-corrected chi connectivity index (χ0v) is 22.0. The average Bonchev–Trinajstić information content (AvgIpc) is 3.36. The van der Waals surface area contributed by atoms with Crippen molar-refractivity contribution >= 4 is 12.0 Å². The maximum absolute atomic E-state index is 12.1. The molecule has 8 nitrogen and oxygen atoms in total. The third-order valence-electron chi connectivity index (χ3n) is 6.92. The fraction of sp³-hybridized carbons (Fsp3) is 0.704. The highest BCUT2D eigenvalue weighted by Crippen LogP contribution is 2.50. The molecule has 1 saturated carbocycles. The van der Waals surface area contributed by atoms with E-state index in [1.807, 2.05) is 33.8 Å². The molecule has 1 aliphatic heterocycles. The van der Waals surface area contributed by atoms with Crippen LogP contribution < -0.4 is 9.64 Å². The molecule has 0 radical (unpaired) electrons. The molecule has 2 atom stereocenters. The van der Waals surface area contributed by atoms with Crippen molar-refractivity contribution in [2.75, 3.05) is 24.6 Å². The lowest BCUT2D eigenvalue weighted by atomic mass is 9.90. The Balaban J connectivity index is 1.16. The minimum Gasteiger partial charge on any atom is -0.477 e. The molecular formula is C27H40N4O4. The number of anilines is 1. The SMILES string of the molecule is Cc1cc(CC(=O)OC(C)(C)C)cnc1OCC[C@@H]1C[C@@H]1C1CCN(c2nc(C(C)C)no2)CC1. The van der Waals surface area contributed by atoms with Crippen LogP contribution >= 0.6 is 0 Å². The van der Waals surface area contributed by atoms with E-state index in [0.717, 1.165) is 54.2 Å². The van der Waals surface area contributed by atoms with Crippen molar-refractivity contribution in [1.29, 1.82) is 0 Å². The first-order valence-corrected chi connectivity index (χ1v) is 13.0. The van der Waals surface area contributed by atoms with Gasteiger partial charge in [0.05, 0.1) is 13.0 Å². The number of esters is 1. The van der Waals surface area contributed by atoms with E-state index in [1.54, 1.807) is 6.20 Å². The summed E-state index contributed by atoms with van der Waals surface area (Å²) in [4.78, 5) is 23.3. The summed E-state index contributed by atoms with van der Waals surface area (Å²) in [6, 6.07) is 2.64. The third-order valence-corrected chi connectivity index (χ3v) is 6.92. The number of aryl methyl sites for hydroxylation is 1. The van der Waals surface area contributed by atoms with E-state index in [1.165, 1.54) is 19.3 Å². The number of carbonyl (C=O) groups excluding carboxylic acids is 1. The summed E-state index contributed by atoms with van der Waals surface area (Å²) in [5.74, 6) is 3.81. The van der Waals surface area contributed by atoms with E-state index in [2.05, 4.69) is 33.9 Å². The molecule has 0 unspecified atom stereocenters. The Kier molecular flexibility index (Phi) is 7.67. The number of pyridine rings is 1. The van der Waals surface area contributed by atoms with Gasteiger partial charge in [0.15, 0.2) is 5.82 Å². The maximum atomic E-state index is 12.1. The highest BCUT2D eigenvalue weighted by molar-refractivity contribution is 5.73. The summed E-state index contributed by atoms with van der Waals surface area (Å²) in [7, 11) is 0. The van der Waals surface area contributed by atoms with Gasteiger partial charge in [0.1, 0.15) is 5.60 Å². The largest absolute Gasteiger partial charge is 0.477 e. The van der Waals surface area contributed by atoms with Gasteiger partial charge in [0.2, 0.25) is 5.88 Å². The molecule has 2 aliphatic rings. The normalized spacial score (nSPS) is 20.8. The quantitative estimate of drug-likeness (QED) is 0.454. The second-order valence-corrected chi connectivity index (χ2v) is 11.4. The van der Waals surface area contributed by atoms with E-state index in [4.69, 9.17) is 14.0 Å². The van der Waals surface area contributed by atoms with Crippen molar-refractivity contribution in [3.63, 3.8) is 0 Å². The number of piperidine rings is 1. The summed E-state index contributed by atoms with van der Waals surface area (Å²) in [6.45, 7) is 14.4. The molecule has 192 valence electrons. The number of nitrogens with zero attached hydrogens (tertiary/aromatic N) is 4. The van der Waals surface area contributed by atoms with Gasteiger partial charge < -0.3 is 18.9 Å². The molecule has 35 heavy (non-hydrogen) atoms. The van der Waals surface area contributed by atoms with Gasteiger partial charge in [-0.2, -0.15) is 4.98 Å². The topological polar surface area (TPSA) is 90.6 Å². The summed E-state index contributed by atoms with van der Waals surface area (Å²) >= 11 is 0. The molecule has 0 aromatic carbocycles. The predicted octanol–water partition coefficient (Wildman–Crippen LogP) is 5.10. The Morgan fingerprint density at radius 3 is 2.63 bits per heavy atom.